The van der Waals surface area contributed by atoms with Gasteiger partial charge < -0.3 is 14.7 Å². The molecule has 8 heteroatoms. The Kier molecular flexibility index (Phi) is 5.05. The first-order valence-electron chi connectivity index (χ1n) is 8.17. The Morgan fingerprint density at radius 3 is 2.58 bits per heavy atom. The Labute approximate surface area is 140 Å². The summed E-state index contributed by atoms with van der Waals surface area (Å²) in [5.74, 6) is 1.84. The third-order valence-electron chi connectivity index (χ3n) is 4.16. The van der Waals surface area contributed by atoms with E-state index in [0.29, 0.717) is 11.6 Å². The molecule has 1 aliphatic rings. The Morgan fingerprint density at radius 1 is 1.29 bits per heavy atom. The minimum absolute atomic E-state index is 0.0461. The van der Waals surface area contributed by atoms with Crippen molar-refractivity contribution in [2.75, 3.05) is 36.4 Å². The number of nitrogens with one attached hydrogen (secondary N) is 1. The lowest BCUT2D eigenvalue weighted by atomic mass is 10.1. The first-order chi connectivity index (χ1) is 11.7. The lowest BCUT2D eigenvalue weighted by Crippen LogP contribution is -2.54. The summed E-state index contributed by atoms with van der Waals surface area (Å²) in [5, 5.41) is 6.65. The topological polar surface area (TPSA) is 87.4 Å². The first kappa shape index (κ1) is 16.4. The molecule has 0 saturated carbocycles. The van der Waals surface area contributed by atoms with Gasteiger partial charge in [-0.1, -0.05) is 12.1 Å². The number of aromatic nitrogens is 3. The van der Waals surface area contributed by atoms with Crippen LogP contribution in [0.4, 0.5) is 11.8 Å². The fourth-order valence-corrected chi connectivity index (χ4v) is 2.93. The van der Waals surface area contributed by atoms with Crippen molar-refractivity contribution in [3.05, 3.63) is 30.3 Å². The first-order valence-corrected chi connectivity index (χ1v) is 8.17. The van der Waals surface area contributed by atoms with E-state index >= 15 is 0 Å². The highest BCUT2D eigenvalue weighted by Gasteiger charge is 2.28. The summed E-state index contributed by atoms with van der Waals surface area (Å²) in [4.78, 5) is 25.4. The summed E-state index contributed by atoms with van der Waals surface area (Å²) in [5.41, 5.74) is 0. The second kappa shape index (κ2) is 7.39. The smallest absolute Gasteiger partial charge is 0.242 e. The second-order valence-corrected chi connectivity index (χ2v) is 5.81. The van der Waals surface area contributed by atoms with Crippen LogP contribution in [0, 0.1) is 6.92 Å². The molecule has 3 rings (SSSR count). The summed E-state index contributed by atoms with van der Waals surface area (Å²) < 4.78 is 4.99. The molecule has 0 bridgehead atoms. The largest absolute Gasteiger partial charge is 0.360 e. The second-order valence-electron chi connectivity index (χ2n) is 5.81. The summed E-state index contributed by atoms with van der Waals surface area (Å²) >= 11 is 0. The van der Waals surface area contributed by atoms with E-state index in [1.54, 1.807) is 25.4 Å². The molecular formula is C16H22N6O2. The number of rotatable bonds is 5. The van der Waals surface area contributed by atoms with Crippen LogP contribution in [0.3, 0.4) is 0 Å². The van der Waals surface area contributed by atoms with Gasteiger partial charge in [0.2, 0.25) is 11.9 Å². The number of carbonyl (C=O) groups excluding carboxylic acids is 1. The number of nitrogens with zero attached hydrogens (tertiary/aromatic N) is 5. The molecule has 0 unspecified atom stereocenters. The minimum Gasteiger partial charge on any atom is -0.360 e. The predicted octanol–water partition coefficient (Wildman–Crippen LogP) is 1.31. The van der Waals surface area contributed by atoms with Crippen LogP contribution >= 0.6 is 0 Å². The molecule has 1 saturated heterocycles. The van der Waals surface area contributed by atoms with Crippen LogP contribution in [-0.4, -0.2) is 58.2 Å². The van der Waals surface area contributed by atoms with Crippen molar-refractivity contribution in [2.24, 2.45) is 0 Å². The average molecular weight is 330 g/mol. The Bertz CT molecular complexity index is 666. The van der Waals surface area contributed by atoms with Gasteiger partial charge in [0.25, 0.3) is 0 Å². The lowest BCUT2D eigenvalue weighted by Gasteiger charge is -2.38. The van der Waals surface area contributed by atoms with Gasteiger partial charge in [-0.2, -0.15) is 0 Å². The summed E-state index contributed by atoms with van der Waals surface area (Å²) in [6.45, 7) is 7.01. The highest BCUT2D eigenvalue weighted by molar-refractivity contribution is 5.94. The Balaban J connectivity index is 1.58. The van der Waals surface area contributed by atoms with E-state index in [-0.39, 0.29) is 11.9 Å². The maximum absolute atomic E-state index is 12.5. The Hall–Kier alpha value is -2.48. The molecule has 24 heavy (non-hydrogen) atoms. The van der Waals surface area contributed by atoms with Crippen LogP contribution in [0.25, 0.3) is 0 Å². The number of aryl methyl sites for hydroxylation is 1. The average Bonchev–Trinajstić information content (AvgIpc) is 3.02. The zero-order valence-electron chi connectivity index (χ0n) is 14.0. The van der Waals surface area contributed by atoms with Crippen LogP contribution in [0.2, 0.25) is 0 Å². The fraction of sp³-hybridized carbons (Fsp3) is 0.500. The molecule has 1 fully saturated rings. The van der Waals surface area contributed by atoms with E-state index in [0.717, 1.165) is 38.5 Å². The summed E-state index contributed by atoms with van der Waals surface area (Å²) in [7, 11) is 0. The number of piperazine rings is 1. The van der Waals surface area contributed by atoms with Crippen LogP contribution < -0.4 is 10.2 Å². The van der Waals surface area contributed by atoms with Crippen LogP contribution in [-0.2, 0) is 4.79 Å². The van der Waals surface area contributed by atoms with Gasteiger partial charge in [0.05, 0.1) is 6.04 Å². The third-order valence-corrected chi connectivity index (χ3v) is 4.16. The normalized spacial score (nSPS) is 16.8. The van der Waals surface area contributed by atoms with Gasteiger partial charge in [0.1, 0.15) is 5.76 Å². The zero-order valence-corrected chi connectivity index (χ0v) is 14.0. The van der Waals surface area contributed by atoms with Gasteiger partial charge in [-0.05, 0) is 19.4 Å². The van der Waals surface area contributed by atoms with Gasteiger partial charge in [0.15, 0.2) is 5.82 Å². The molecule has 1 atom stereocenters. The highest BCUT2D eigenvalue weighted by Crippen LogP contribution is 2.15. The molecule has 1 N–H and O–H groups in total. The monoisotopic (exact) mass is 330 g/mol. The maximum Gasteiger partial charge on any atom is 0.242 e. The lowest BCUT2D eigenvalue weighted by molar-refractivity contribution is -0.121. The van der Waals surface area contributed by atoms with E-state index in [1.807, 2.05) is 13.0 Å². The molecule has 3 heterocycles. The summed E-state index contributed by atoms with van der Waals surface area (Å²) in [6.07, 6.45) is 4.23. The molecule has 1 amide bonds. The molecule has 2 aromatic rings. The van der Waals surface area contributed by atoms with Gasteiger partial charge in [-0.15, -0.1) is 0 Å². The molecule has 0 spiro atoms. The van der Waals surface area contributed by atoms with Crippen molar-refractivity contribution in [1.82, 2.24) is 20.0 Å². The number of hydrogen-bond donors (Lipinski definition) is 1. The van der Waals surface area contributed by atoms with Gasteiger partial charge >= 0.3 is 0 Å². The van der Waals surface area contributed by atoms with E-state index in [4.69, 9.17) is 4.52 Å². The van der Waals surface area contributed by atoms with E-state index in [2.05, 4.69) is 30.2 Å². The zero-order chi connectivity index (χ0) is 16.9. The highest BCUT2D eigenvalue weighted by atomic mass is 16.5. The van der Waals surface area contributed by atoms with Crippen molar-refractivity contribution in [2.45, 2.75) is 26.3 Å². The van der Waals surface area contributed by atoms with Crippen LogP contribution in [0.15, 0.2) is 29.0 Å². The van der Waals surface area contributed by atoms with E-state index in [9.17, 15) is 4.79 Å². The van der Waals surface area contributed by atoms with Gasteiger partial charge in [-0.25, -0.2) is 9.97 Å². The Morgan fingerprint density at radius 2 is 2.00 bits per heavy atom. The fourth-order valence-electron chi connectivity index (χ4n) is 2.93. The van der Waals surface area contributed by atoms with E-state index in [1.165, 1.54) is 0 Å². The van der Waals surface area contributed by atoms with Gasteiger partial charge in [0, 0.05) is 44.6 Å². The van der Waals surface area contributed by atoms with Crippen molar-refractivity contribution in [3.8, 4) is 0 Å². The molecule has 0 aromatic carbocycles. The number of anilines is 2. The van der Waals surface area contributed by atoms with Crippen LogP contribution in [0.5, 0.6) is 0 Å². The van der Waals surface area contributed by atoms with Crippen molar-refractivity contribution in [3.63, 3.8) is 0 Å². The molecule has 0 aliphatic carbocycles. The number of amides is 1. The molecule has 128 valence electrons. The van der Waals surface area contributed by atoms with Gasteiger partial charge in [-0.3, -0.25) is 9.69 Å². The SMILES string of the molecule is CC[C@@H](C(=O)Nc1cc(C)on1)N1CCN(c2ncccn2)CC1. The molecular weight excluding hydrogens is 308 g/mol. The third kappa shape index (κ3) is 3.70. The van der Waals surface area contributed by atoms with Crippen LogP contribution in [0.1, 0.15) is 19.1 Å². The molecule has 2 aromatic heterocycles. The number of carbonyl (C=O) groups is 1. The van der Waals surface area contributed by atoms with Crippen molar-refractivity contribution >= 4 is 17.7 Å². The maximum atomic E-state index is 12.5. The molecule has 8 nitrogen and oxygen atoms in total. The predicted molar refractivity (Wildman–Crippen MR) is 89.8 cm³/mol. The minimum atomic E-state index is -0.180. The quantitative estimate of drug-likeness (QED) is 0.884. The molecule has 0 radical (unpaired) electrons. The van der Waals surface area contributed by atoms with Crippen molar-refractivity contribution < 1.29 is 9.32 Å². The summed E-state index contributed by atoms with van der Waals surface area (Å²) in [6, 6.07) is 3.35. The van der Waals surface area contributed by atoms with E-state index < -0.39 is 0 Å². The standard InChI is InChI=1S/C16H22N6O2/c1-3-13(15(23)19-14-11-12(2)24-20-14)21-7-9-22(10-8-21)16-17-5-4-6-18-16/h4-6,11,13H,3,7-10H2,1-2H3,(H,19,20,23)/t13-/m0/s1. The number of hydrogen-bond acceptors (Lipinski definition) is 7. The van der Waals surface area contributed by atoms with Crippen molar-refractivity contribution in [1.29, 1.82) is 0 Å². The molecule has 1 aliphatic heterocycles.